The minimum Gasteiger partial charge on any atom is -0.479 e. The third kappa shape index (κ3) is 2.64. The number of nitrogens with one attached hydrogen (secondary N) is 1. The summed E-state index contributed by atoms with van der Waals surface area (Å²) in [6, 6.07) is -0.417. The third-order valence-corrected chi connectivity index (χ3v) is 4.52. The van der Waals surface area contributed by atoms with E-state index >= 15 is 0 Å². The highest BCUT2D eigenvalue weighted by Crippen LogP contribution is 2.19. The SMILES string of the molecule is O=C(NC1(C(=O)O)CCOC1)N1CCS(=O)CC1. The van der Waals surface area contributed by atoms with Gasteiger partial charge in [0, 0.05) is 48.4 Å². The van der Waals surface area contributed by atoms with E-state index in [-0.39, 0.29) is 13.0 Å². The maximum atomic E-state index is 12.0. The first-order chi connectivity index (χ1) is 8.53. The van der Waals surface area contributed by atoms with Crippen LogP contribution in [0.2, 0.25) is 0 Å². The Morgan fingerprint density at radius 1 is 1.33 bits per heavy atom. The predicted molar refractivity (Wildman–Crippen MR) is 63.8 cm³/mol. The summed E-state index contributed by atoms with van der Waals surface area (Å²) in [7, 11) is -0.863. The number of amides is 2. The first-order valence-electron chi connectivity index (χ1n) is 5.77. The predicted octanol–water partition coefficient (Wildman–Crippen LogP) is -0.996. The molecule has 102 valence electrons. The molecule has 0 aliphatic carbocycles. The molecule has 0 aromatic rings. The molecule has 2 amide bonds. The van der Waals surface area contributed by atoms with Crippen LogP contribution in [-0.4, -0.2) is 69.6 Å². The number of carbonyl (C=O) groups is 2. The van der Waals surface area contributed by atoms with Crippen LogP contribution in [0.25, 0.3) is 0 Å². The Labute approximate surface area is 107 Å². The second kappa shape index (κ2) is 5.23. The summed E-state index contributed by atoms with van der Waals surface area (Å²) in [5.74, 6) is -0.178. The summed E-state index contributed by atoms with van der Waals surface area (Å²) >= 11 is 0. The van der Waals surface area contributed by atoms with Crippen LogP contribution in [0.15, 0.2) is 0 Å². The molecule has 1 unspecified atom stereocenters. The molecule has 0 saturated carbocycles. The van der Waals surface area contributed by atoms with Crippen LogP contribution < -0.4 is 5.32 Å². The zero-order valence-corrected chi connectivity index (χ0v) is 10.7. The maximum Gasteiger partial charge on any atom is 0.332 e. The van der Waals surface area contributed by atoms with Crippen molar-refractivity contribution in [1.82, 2.24) is 10.2 Å². The van der Waals surface area contributed by atoms with Gasteiger partial charge in [0.05, 0.1) is 6.61 Å². The van der Waals surface area contributed by atoms with Crippen molar-refractivity contribution in [3.63, 3.8) is 0 Å². The van der Waals surface area contributed by atoms with Crippen LogP contribution in [0.3, 0.4) is 0 Å². The molecule has 2 aliphatic heterocycles. The van der Waals surface area contributed by atoms with Crippen LogP contribution in [0.4, 0.5) is 4.79 Å². The van der Waals surface area contributed by atoms with Crippen molar-refractivity contribution in [1.29, 1.82) is 0 Å². The number of aliphatic carboxylic acids is 1. The van der Waals surface area contributed by atoms with E-state index < -0.39 is 28.3 Å². The topological polar surface area (TPSA) is 95.9 Å². The maximum absolute atomic E-state index is 12.0. The Bertz CT molecular complexity index is 370. The number of carboxylic acid groups (broad SMARTS) is 1. The van der Waals surface area contributed by atoms with Gasteiger partial charge in [-0.05, 0) is 0 Å². The van der Waals surface area contributed by atoms with E-state index in [0.717, 1.165) is 0 Å². The summed E-state index contributed by atoms with van der Waals surface area (Å²) in [6.07, 6.45) is 0.272. The number of carboxylic acids is 1. The van der Waals surface area contributed by atoms with Crippen molar-refractivity contribution in [2.24, 2.45) is 0 Å². The Kier molecular flexibility index (Phi) is 3.86. The van der Waals surface area contributed by atoms with Gasteiger partial charge in [0.1, 0.15) is 0 Å². The van der Waals surface area contributed by atoms with E-state index in [1.54, 1.807) is 0 Å². The smallest absolute Gasteiger partial charge is 0.332 e. The molecule has 0 aromatic heterocycles. The van der Waals surface area contributed by atoms with E-state index in [4.69, 9.17) is 4.74 Å². The standard InChI is InChI=1S/C10H16N2O5S/c13-8(14)10(1-4-17-7-10)11-9(15)12-2-5-18(16)6-3-12/h1-7H2,(H,11,15)(H,13,14). The lowest BCUT2D eigenvalue weighted by Gasteiger charge is -2.31. The summed E-state index contributed by atoms with van der Waals surface area (Å²) in [5, 5.41) is 11.7. The zero-order valence-electron chi connectivity index (χ0n) is 9.89. The number of urea groups is 1. The van der Waals surface area contributed by atoms with Gasteiger partial charge in [-0.3, -0.25) is 4.21 Å². The fraction of sp³-hybridized carbons (Fsp3) is 0.800. The van der Waals surface area contributed by atoms with Gasteiger partial charge in [-0.25, -0.2) is 9.59 Å². The number of hydrogen-bond donors (Lipinski definition) is 2. The fourth-order valence-corrected chi connectivity index (χ4v) is 3.06. The molecule has 0 bridgehead atoms. The van der Waals surface area contributed by atoms with Gasteiger partial charge in [0.25, 0.3) is 0 Å². The van der Waals surface area contributed by atoms with Crippen LogP contribution in [0, 0.1) is 0 Å². The van der Waals surface area contributed by atoms with Gasteiger partial charge in [-0.1, -0.05) is 0 Å². The molecule has 7 nitrogen and oxygen atoms in total. The lowest BCUT2D eigenvalue weighted by atomic mass is 9.99. The Morgan fingerprint density at radius 3 is 2.50 bits per heavy atom. The van der Waals surface area contributed by atoms with E-state index in [0.29, 0.717) is 31.2 Å². The van der Waals surface area contributed by atoms with Gasteiger partial charge in [0.2, 0.25) is 0 Å². The number of hydrogen-bond acceptors (Lipinski definition) is 4. The molecular formula is C10H16N2O5S. The number of nitrogens with zero attached hydrogens (tertiary/aromatic N) is 1. The normalized spacial score (nSPS) is 29.2. The van der Waals surface area contributed by atoms with Crippen molar-refractivity contribution < 1.29 is 23.6 Å². The average Bonchev–Trinajstić information content (AvgIpc) is 2.79. The second-order valence-corrected chi connectivity index (χ2v) is 6.15. The fourth-order valence-electron chi connectivity index (χ4n) is 2.01. The number of ether oxygens (including phenoxy) is 1. The average molecular weight is 276 g/mol. The Hall–Kier alpha value is -1.15. The van der Waals surface area contributed by atoms with E-state index in [9.17, 15) is 18.9 Å². The zero-order chi connectivity index (χ0) is 13.2. The molecule has 2 fully saturated rings. The highest BCUT2D eigenvalue weighted by molar-refractivity contribution is 7.85. The van der Waals surface area contributed by atoms with Crippen LogP contribution in [-0.2, 0) is 20.3 Å². The lowest BCUT2D eigenvalue weighted by Crippen LogP contribution is -2.59. The van der Waals surface area contributed by atoms with Gasteiger partial charge < -0.3 is 20.1 Å². The quantitative estimate of drug-likeness (QED) is 0.674. The third-order valence-electron chi connectivity index (χ3n) is 3.24. The molecule has 0 spiro atoms. The van der Waals surface area contributed by atoms with Crippen molar-refractivity contribution in [2.75, 3.05) is 37.8 Å². The van der Waals surface area contributed by atoms with Gasteiger partial charge >= 0.3 is 12.0 Å². The Balaban J connectivity index is 1.97. The first-order valence-corrected chi connectivity index (χ1v) is 7.25. The van der Waals surface area contributed by atoms with E-state index in [1.165, 1.54) is 4.90 Å². The highest BCUT2D eigenvalue weighted by Gasteiger charge is 2.44. The summed E-state index contributed by atoms with van der Waals surface area (Å²) in [4.78, 5) is 24.7. The summed E-state index contributed by atoms with van der Waals surface area (Å²) in [5.41, 5.74) is -1.31. The van der Waals surface area contributed by atoms with Crippen LogP contribution in [0.5, 0.6) is 0 Å². The van der Waals surface area contributed by atoms with Gasteiger partial charge in [-0.15, -0.1) is 0 Å². The molecule has 0 aromatic carbocycles. The number of rotatable bonds is 2. The lowest BCUT2D eigenvalue weighted by molar-refractivity contribution is -0.144. The monoisotopic (exact) mass is 276 g/mol. The van der Waals surface area contributed by atoms with Crippen molar-refractivity contribution in [2.45, 2.75) is 12.0 Å². The molecule has 2 N–H and O–H groups in total. The molecule has 2 rings (SSSR count). The van der Waals surface area contributed by atoms with Crippen molar-refractivity contribution in [3.8, 4) is 0 Å². The second-order valence-electron chi connectivity index (χ2n) is 4.46. The molecule has 0 radical (unpaired) electrons. The van der Waals surface area contributed by atoms with E-state index in [1.807, 2.05) is 0 Å². The highest BCUT2D eigenvalue weighted by atomic mass is 32.2. The van der Waals surface area contributed by atoms with Gasteiger partial charge in [-0.2, -0.15) is 0 Å². The molecule has 18 heavy (non-hydrogen) atoms. The van der Waals surface area contributed by atoms with Gasteiger partial charge in [0.15, 0.2) is 5.54 Å². The van der Waals surface area contributed by atoms with Crippen LogP contribution >= 0.6 is 0 Å². The molecular weight excluding hydrogens is 260 g/mol. The molecule has 1 atom stereocenters. The minimum atomic E-state index is -1.31. The molecule has 2 heterocycles. The Morgan fingerprint density at radius 2 is 2.00 bits per heavy atom. The number of carbonyl (C=O) groups excluding carboxylic acids is 1. The van der Waals surface area contributed by atoms with Crippen molar-refractivity contribution in [3.05, 3.63) is 0 Å². The molecule has 2 saturated heterocycles. The molecule has 8 heteroatoms. The summed E-state index contributed by atoms with van der Waals surface area (Å²) in [6.45, 7) is 1.12. The van der Waals surface area contributed by atoms with E-state index in [2.05, 4.69) is 5.32 Å². The first kappa shape index (κ1) is 13.3. The largest absolute Gasteiger partial charge is 0.479 e. The van der Waals surface area contributed by atoms with Crippen LogP contribution in [0.1, 0.15) is 6.42 Å². The van der Waals surface area contributed by atoms with Crippen molar-refractivity contribution >= 4 is 22.8 Å². The minimum absolute atomic E-state index is 0.00611. The molecule has 2 aliphatic rings. The summed E-state index contributed by atoms with van der Waals surface area (Å²) < 4.78 is 16.2.